The molecule has 0 saturated carbocycles. The SMILES string of the molecule is CC(C)(C)N(C(=O)O)C(C)(C(=O)c1ccc(Cl)c(F)c1)c1ccc(Cl)nc1. The molecule has 0 radical (unpaired) electrons. The Balaban J connectivity index is 2.75. The number of benzene rings is 1. The summed E-state index contributed by atoms with van der Waals surface area (Å²) in [6, 6.07) is 6.61. The second-order valence-electron chi connectivity index (χ2n) is 7.19. The number of carbonyl (C=O) groups is 2. The van der Waals surface area contributed by atoms with E-state index in [9.17, 15) is 19.1 Å². The molecule has 1 N–H and O–H groups in total. The lowest BCUT2D eigenvalue weighted by atomic mass is 9.81. The van der Waals surface area contributed by atoms with Crippen molar-refractivity contribution >= 4 is 35.1 Å². The number of carboxylic acid groups (broad SMARTS) is 1. The van der Waals surface area contributed by atoms with Crippen LogP contribution in [0.15, 0.2) is 36.5 Å². The largest absolute Gasteiger partial charge is 0.465 e. The number of hydrogen-bond acceptors (Lipinski definition) is 3. The molecule has 27 heavy (non-hydrogen) atoms. The maximum atomic E-state index is 13.9. The molecule has 1 amide bonds. The number of hydrogen-bond donors (Lipinski definition) is 1. The van der Waals surface area contributed by atoms with E-state index in [1.165, 1.54) is 37.4 Å². The molecule has 2 rings (SSSR count). The first-order valence-electron chi connectivity index (χ1n) is 8.04. The lowest BCUT2D eigenvalue weighted by Crippen LogP contribution is -2.59. The van der Waals surface area contributed by atoms with Crippen LogP contribution in [0.2, 0.25) is 10.2 Å². The predicted molar refractivity (Wildman–Crippen MR) is 102 cm³/mol. The molecule has 1 heterocycles. The number of pyridine rings is 1. The minimum Gasteiger partial charge on any atom is -0.465 e. The van der Waals surface area contributed by atoms with Crippen LogP contribution in [0.3, 0.4) is 0 Å². The molecule has 1 unspecified atom stereocenters. The van der Waals surface area contributed by atoms with Crippen LogP contribution in [0.1, 0.15) is 43.6 Å². The van der Waals surface area contributed by atoms with Crippen LogP contribution in [0, 0.1) is 5.82 Å². The van der Waals surface area contributed by atoms with E-state index < -0.39 is 28.8 Å². The summed E-state index contributed by atoms with van der Waals surface area (Å²) in [6.07, 6.45) is 0.0384. The van der Waals surface area contributed by atoms with Gasteiger partial charge < -0.3 is 5.11 Å². The first-order chi connectivity index (χ1) is 12.4. The minimum absolute atomic E-state index is 0.00940. The molecular weight excluding hydrogens is 394 g/mol. The highest BCUT2D eigenvalue weighted by Crippen LogP contribution is 2.38. The Hall–Kier alpha value is -2.18. The molecule has 0 bridgehead atoms. The van der Waals surface area contributed by atoms with Gasteiger partial charge in [0.15, 0.2) is 5.78 Å². The fourth-order valence-electron chi connectivity index (χ4n) is 3.09. The second kappa shape index (κ2) is 7.44. The van der Waals surface area contributed by atoms with E-state index in [0.717, 1.165) is 11.0 Å². The molecule has 1 aromatic carbocycles. The van der Waals surface area contributed by atoms with Crippen LogP contribution < -0.4 is 0 Å². The zero-order valence-electron chi connectivity index (χ0n) is 15.3. The Labute approximate surface area is 166 Å². The fourth-order valence-corrected chi connectivity index (χ4v) is 3.32. The van der Waals surface area contributed by atoms with Gasteiger partial charge in [0.1, 0.15) is 16.5 Å². The van der Waals surface area contributed by atoms with Gasteiger partial charge in [-0.15, -0.1) is 0 Å². The Morgan fingerprint density at radius 2 is 1.74 bits per heavy atom. The van der Waals surface area contributed by atoms with Gasteiger partial charge in [0, 0.05) is 22.9 Å². The molecule has 2 aromatic rings. The Bertz CT molecular complexity index is 882. The molecule has 0 aliphatic heterocycles. The van der Waals surface area contributed by atoms with Gasteiger partial charge in [-0.1, -0.05) is 29.3 Å². The normalized spacial score (nSPS) is 13.7. The highest BCUT2D eigenvalue weighted by molar-refractivity contribution is 6.31. The van der Waals surface area contributed by atoms with Crippen LogP contribution >= 0.6 is 23.2 Å². The van der Waals surface area contributed by atoms with Crippen LogP contribution in [-0.4, -0.2) is 32.4 Å². The third-order valence-electron chi connectivity index (χ3n) is 4.22. The first kappa shape index (κ1) is 21.1. The third kappa shape index (κ3) is 4.06. The maximum absolute atomic E-state index is 13.9. The van der Waals surface area contributed by atoms with Crippen LogP contribution in [0.4, 0.5) is 9.18 Å². The van der Waals surface area contributed by atoms with E-state index in [1.54, 1.807) is 20.8 Å². The van der Waals surface area contributed by atoms with Gasteiger partial charge in [0.2, 0.25) is 0 Å². The molecule has 144 valence electrons. The number of nitrogens with zero attached hydrogens (tertiary/aromatic N) is 2. The van der Waals surface area contributed by atoms with Crippen molar-refractivity contribution in [1.82, 2.24) is 9.88 Å². The van der Waals surface area contributed by atoms with Gasteiger partial charge in [-0.05, 0) is 52.0 Å². The zero-order valence-corrected chi connectivity index (χ0v) is 16.8. The molecule has 1 aromatic heterocycles. The summed E-state index contributed by atoms with van der Waals surface area (Å²) >= 11 is 11.5. The average molecular weight is 413 g/mol. The summed E-state index contributed by atoms with van der Waals surface area (Å²) in [7, 11) is 0. The molecule has 0 saturated heterocycles. The van der Waals surface area contributed by atoms with Crippen LogP contribution in [0.5, 0.6) is 0 Å². The highest BCUT2D eigenvalue weighted by Gasteiger charge is 2.49. The lowest BCUT2D eigenvalue weighted by molar-refractivity contribution is 0.0213. The molecule has 0 aliphatic rings. The number of halogens is 3. The van der Waals surface area contributed by atoms with Gasteiger partial charge in [0.25, 0.3) is 0 Å². The summed E-state index contributed by atoms with van der Waals surface area (Å²) in [4.78, 5) is 30.6. The first-order valence-corrected chi connectivity index (χ1v) is 8.79. The van der Waals surface area contributed by atoms with Crippen LogP contribution in [0.25, 0.3) is 0 Å². The van der Waals surface area contributed by atoms with E-state index >= 15 is 0 Å². The average Bonchev–Trinajstić information content (AvgIpc) is 2.55. The molecule has 0 spiro atoms. The number of rotatable bonds is 4. The van der Waals surface area contributed by atoms with E-state index in [4.69, 9.17) is 23.2 Å². The standard InChI is InChI=1S/C19H19Cl2FN2O3/c1-18(2,3)24(17(26)27)19(4,12-6-8-15(21)23-10-12)16(25)11-5-7-13(20)14(22)9-11/h5-10H,1-4H3,(H,26,27). The van der Waals surface area contributed by atoms with Crippen molar-refractivity contribution in [3.8, 4) is 0 Å². The number of aromatic nitrogens is 1. The Morgan fingerprint density at radius 3 is 2.19 bits per heavy atom. The number of amides is 1. The summed E-state index contributed by atoms with van der Waals surface area (Å²) in [5.74, 6) is -1.38. The predicted octanol–water partition coefficient (Wildman–Crippen LogP) is 5.40. The topological polar surface area (TPSA) is 70.5 Å². The number of carbonyl (C=O) groups excluding carboxylic acids is 1. The number of ketones is 1. The van der Waals surface area contributed by atoms with Crippen molar-refractivity contribution in [2.24, 2.45) is 0 Å². The lowest BCUT2D eigenvalue weighted by Gasteiger charge is -2.46. The van der Waals surface area contributed by atoms with Crippen molar-refractivity contribution in [2.45, 2.75) is 38.8 Å². The van der Waals surface area contributed by atoms with Crippen molar-refractivity contribution in [1.29, 1.82) is 0 Å². The Kier molecular flexibility index (Phi) is 5.82. The van der Waals surface area contributed by atoms with Crippen molar-refractivity contribution in [3.05, 3.63) is 63.6 Å². The summed E-state index contributed by atoms with van der Waals surface area (Å²) in [6.45, 7) is 6.46. The van der Waals surface area contributed by atoms with E-state index in [2.05, 4.69) is 4.98 Å². The molecular formula is C19H19Cl2FN2O3. The van der Waals surface area contributed by atoms with Gasteiger partial charge in [0.05, 0.1) is 5.02 Å². The molecule has 8 heteroatoms. The van der Waals surface area contributed by atoms with Crippen LogP contribution in [-0.2, 0) is 5.54 Å². The minimum atomic E-state index is -1.68. The summed E-state index contributed by atoms with van der Waals surface area (Å²) < 4.78 is 13.9. The molecule has 0 fully saturated rings. The summed E-state index contributed by atoms with van der Waals surface area (Å²) in [5, 5.41) is 9.95. The Morgan fingerprint density at radius 1 is 1.11 bits per heavy atom. The smallest absolute Gasteiger partial charge is 0.408 e. The maximum Gasteiger partial charge on any atom is 0.408 e. The molecule has 1 atom stereocenters. The summed E-state index contributed by atoms with van der Waals surface area (Å²) in [5.41, 5.74) is -2.32. The number of Topliss-reactive ketones (excluding diaryl/α,β-unsaturated/α-hetero) is 1. The fraction of sp³-hybridized carbons (Fsp3) is 0.316. The van der Waals surface area contributed by atoms with Crippen molar-refractivity contribution in [3.63, 3.8) is 0 Å². The molecule has 0 aliphatic carbocycles. The highest BCUT2D eigenvalue weighted by atomic mass is 35.5. The van der Waals surface area contributed by atoms with Crippen molar-refractivity contribution < 1.29 is 19.1 Å². The van der Waals surface area contributed by atoms with Gasteiger partial charge in [-0.25, -0.2) is 14.2 Å². The van der Waals surface area contributed by atoms with Gasteiger partial charge in [-0.2, -0.15) is 0 Å². The van der Waals surface area contributed by atoms with Crippen molar-refractivity contribution in [2.75, 3.05) is 0 Å². The molecule has 5 nitrogen and oxygen atoms in total. The van der Waals surface area contributed by atoms with E-state index in [0.29, 0.717) is 5.56 Å². The van der Waals surface area contributed by atoms with E-state index in [-0.39, 0.29) is 15.7 Å². The van der Waals surface area contributed by atoms with E-state index in [1.807, 2.05) is 0 Å². The monoisotopic (exact) mass is 412 g/mol. The quantitative estimate of drug-likeness (QED) is 0.538. The second-order valence-corrected chi connectivity index (χ2v) is 7.98. The van der Waals surface area contributed by atoms with Gasteiger partial charge in [-0.3, -0.25) is 9.69 Å². The van der Waals surface area contributed by atoms with Gasteiger partial charge >= 0.3 is 6.09 Å². The zero-order chi connectivity index (χ0) is 20.6. The third-order valence-corrected chi connectivity index (χ3v) is 4.75.